The second-order valence-electron chi connectivity index (χ2n) is 4.93. The van der Waals surface area contributed by atoms with Crippen LogP contribution < -0.4 is 0 Å². The lowest BCUT2D eigenvalue weighted by Gasteiger charge is -2.33. The first-order valence-corrected chi connectivity index (χ1v) is 9.39. The number of hydrogen-bond donors (Lipinski definition) is 0. The lowest BCUT2D eigenvalue weighted by Crippen LogP contribution is -2.49. The molecule has 0 radical (unpaired) electrons. The lowest BCUT2D eigenvalue weighted by molar-refractivity contribution is 0.190. The zero-order valence-electron chi connectivity index (χ0n) is 11.5. The summed E-state index contributed by atoms with van der Waals surface area (Å²) in [6.45, 7) is 2.98. The minimum atomic E-state index is -3.26. The smallest absolute Gasteiger partial charge is 0.214 e. The average Bonchev–Trinajstić information content (AvgIpc) is 2.97. The third kappa shape index (κ3) is 4.51. The Morgan fingerprint density at radius 2 is 2.00 bits per heavy atom. The van der Waals surface area contributed by atoms with Gasteiger partial charge >= 0.3 is 0 Å². The molecule has 0 bridgehead atoms. The number of nitrogens with zero attached hydrogens (tertiary/aromatic N) is 2. The topological polar surface area (TPSA) is 40.6 Å². The van der Waals surface area contributed by atoms with Crippen LogP contribution in [0.1, 0.15) is 11.3 Å². The SMILES string of the molecule is O=S(=O)(CCCF)N1CCN(CCc2cccs2)CC1. The first-order chi connectivity index (χ1) is 9.62. The van der Waals surface area contributed by atoms with Gasteiger partial charge in [-0.1, -0.05) is 6.07 Å². The number of piperazine rings is 1. The van der Waals surface area contributed by atoms with Gasteiger partial charge in [-0.05, 0) is 24.3 Å². The molecule has 0 saturated carbocycles. The van der Waals surface area contributed by atoms with Crippen molar-refractivity contribution in [2.45, 2.75) is 12.8 Å². The molecule has 0 unspecified atom stereocenters. The fourth-order valence-corrected chi connectivity index (χ4v) is 4.47. The van der Waals surface area contributed by atoms with Crippen LogP contribution in [0.25, 0.3) is 0 Å². The quantitative estimate of drug-likeness (QED) is 0.766. The molecule has 7 heteroatoms. The largest absolute Gasteiger partial charge is 0.300 e. The van der Waals surface area contributed by atoms with E-state index in [0.717, 1.165) is 26.1 Å². The molecule has 1 aromatic heterocycles. The van der Waals surface area contributed by atoms with Gasteiger partial charge in [0.25, 0.3) is 0 Å². The number of thiophene rings is 1. The molecular formula is C13H21FN2O2S2. The van der Waals surface area contributed by atoms with E-state index in [9.17, 15) is 12.8 Å². The van der Waals surface area contributed by atoms with Gasteiger partial charge in [-0.15, -0.1) is 11.3 Å². The highest BCUT2D eigenvalue weighted by atomic mass is 32.2. The summed E-state index contributed by atoms with van der Waals surface area (Å²) >= 11 is 1.76. The molecule has 0 aromatic carbocycles. The van der Waals surface area contributed by atoms with E-state index in [2.05, 4.69) is 22.4 Å². The summed E-state index contributed by atoms with van der Waals surface area (Å²) in [4.78, 5) is 3.66. The fourth-order valence-electron chi connectivity index (χ4n) is 2.32. The third-order valence-corrected chi connectivity index (χ3v) is 6.41. The number of alkyl halides is 1. The minimum Gasteiger partial charge on any atom is -0.300 e. The molecule has 20 heavy (non-hydrogen) atoms. The van der Waals surface area contributed by atoms with Crippen molar-refractivity contribution in [1.82, 2.24) is 9.21 Å². The van der Waals surface area contributed by atoms with Crippen molar-refractivity contribution in [3.05, 3.63) is 22.4 Å². The first kappa shape index (κ1) is 15.9. The van der Waals surface area contributed by atoms with Crippen LogP contribution in [0.3, 0.4) is 0 Å². The summed E-state index contributed by atoms with van der Waals surface area (Å²) in [7, 11) is -3.26. The van der Waals surface area contributed by atoms with Crippen LogP contribution in [0.2, 0.25) is 0 Å². The second kappa shape index (κ2) is 7.49. The molecule has 4 nitrogen and oxygen atoms in total. The molecule has 2 rings (SSSR count). The lowest BCUT2D eigenvalue weighted by atomic mass is 10.3. The molecule has 1 aliphatic heterocycles. The van der Waals surface area contributed by atoms with Crippen LogP contribution in [-0.4, -0.2) is 62.8 Å². The van der Waals surface area contributed by atoms with Gasteiger partial charge in [0.15, 0.2) is 0 Å². The predicted molar refractivity (Wildman–Crippen MR) is 80.4 cm³/mol. The van der Waals surface area contributed by atoms with Crippen molar-refractivity contribution in [1.29, 1.82) is 0 Å². The summed E-state index contributed by atoms with van der Waals surface area (Å²) in [5.74, 6) is -0.0707. The van der Waals surface area contributed by atoms with Gasteiger partial charge in [0.1, 0.15) is 0 Å². The van der Waals surface area contributed by atoms with Crippen LogP contribution in [-0.2, 0) is 16.4 Å². The molecule has 1 aromatic rings. The molecule has 0 spiro atoms. The maximum Gasteiger partial charge on any atom is 0.214 e. The van der Waals surface area contributed by atoms with E-state index in [1.165, 1.54) is 9.18 Å². The summed E-state index contributed by atoms with van der Waals surface area (Å²) in [5, 5.41) is 2.07. The van der Waals surface area contributed by atoms with Crippen molar-refractivity contribution in [2.75, 3.05) is 45.2 Å². The highest BCUT2D eigenvalue weighted by Gasteiger charge is 2.26. The average molecular weight is 320 g/mol. The molecule has 1 saturated heterocycles. The molecule has 0 N–H and O–H groups in total. The maximum atomic E-state index is 12.1. The number of sulfonamides is 1. The summed E-state index contributed by atoms with van der Waals surface area (Å²) in [6.07, 6.45) is 1.12. The standard InChI is InChI=1S/C13H21FN2O2S2/c14-5-2-12-20(17,18)16-9-7-15(8-10-16)6-4-13-3-1-11-19-13/h1,3,11H,2,4-10,12H2. The number of hydrogen-bond acceptors (Lipinski definition) is 4. The van der Waals surface area contributed by atoms with E-state index in [1.807, 2.05) is 0 Å². The van der Waals surface area contributed by atoms with Crippen LogP contribution in [0.15, 0.2) is 17.5 Å². The van der Waals surface area contributed by atoms with E-state index in [0.29, 0.717) is 13.1 Å². The monoisotopic (exact) mass is 320 g/mol. The molecule has 1 aliphatic rings. The molecule has 2 heterocycles. The zero-order valence-corrected chi connectivity index (χ0v) is 13.1. The number of halogens is 1. The molecule has 0 aliphatic carbocycles. The minimum absolute atomic E-state index is 0.0707. The molecule has 0 amide bonds. The van der Waals surface area contributed by atoms with Crippen LogP contribution in [0, 0.1) is 0 Å². The Kier molecular flexibility index (Phi) is 5.95. The van der Waals surface area contributed by atoms with Gasteiger partial charge in [-0.25, -0.2) is 8.42 Å². The summed E-state index contributed by atoms with van der Waals surface area (Å²) < 4.78 is 37.5. The zero-order chi connectivity index (χ0) is 14.4. The van der Waals surface area contributed by atoms with Gasteiger partial charge < -0.3 is 4.90 Å². The normalized spacial score (nSPS) is 18.4. The van der Waals surface area contributed by atoms with E-state index in [1.54, 1.807) is 11.3 Å². The summed E-state index contributed by atoms with van der Waals surface area (Å²) in [6, 6.07) is 4.18. The Morgan fingerprint density at radius 3 is 2.60 bits per heavy atom. The van der Waals surface area contributed by atoms with Crippen molar-refractivity contribution >= 4 is 21.4 Å². The van der Waals surface area contributed by atoms with Gasteiger partial charge in [-0.2, -0.15) is 4.31 Å². The molecular weight excluding hydrogens is 299 g/mol. The van der Waals surface area contributed by atoms with Gasteiger partial charge in [0, 0.05) is 37.6 Å². The van der Waals surface area contributed by atoms with Crippen molar-refractivity contribution in [3.8, 4) is 0 Å². The van der Waals surface area contributed by atoms with Crippen molar-refractivity contribution in [2.24, 2.45) is 0 Å². The van der Waals surface area contributed by atoms with E-state index >= 15 is 0 Å². The van der Waals surface area contributed by atoms with E-state index in [4.69, 9.17) is 0 Å². The van der Waals surface area contributed by atoms with E-state index in [-0.39, 0.29) is 12.2 Å². The highest BCUT2D eigenvalue weighted by Crippen LogP contribution is 2.12. The highest BCUT2D eigenvalue weighted by molar-refractivity contribution is 7.89. The molecule has 114 valence electrons. The number of rotatable bonds is 7. The first-order valence-electron chi connectivity index (χ1n) is 6.90. The van der Waals surface area contributed by atoms with Crippen molar-refractivity contribution in [3.63, 3.8) is 0 Å². The second-order valence-corrected chi connectivity index (χ2v) is 8.05. The Labute approximate surface area is 124 Å². The Bertz CT molecular complexity index is 482. The molecule has 1 fully saturated rings. The molecule has 0 atom stereocenters. The summed E-state index contributed by atoms with van der Waals surface area (Å²) in [5.41, 5.74) is 0. The van der Waals surface area contributed by atoms with Crippen molar-refractivity contribution < 1.29 is 12.8 Å². The fraction of sp³-hybridized carbons (Fsp3) is 0.692. The Morgan fingerprint density at radius 1 is 1.25 bits per heavy atom. The predicted octanol–water partition coefficient (Wildman–Crippen LogP) is 1.60. The third-order valence-electron chi connectivity index (χ3n) is 3.52. The van der Waals surface area contributed by atoms with Crippen LogP contribution in [0.4, 0.5) is 4.39 Å². The van der Waals surface area contributed by atoms with Crippen LogP contribution >= 0.6 is 11.3 Å². The van der Waals surface area contributed by atoms with Gasteiger partial charge in [-0.3, -0.25) is 4.39 Å². The Hall–Kier alpha value is -0.500. The van der Waals surface area contributed by atoms with Crippen LogP contribution in [0.5, 0.6) is 0 Å². The maximum absolute atomic E-state index is 12.1. The Balaban J connectivity index is 1.74. The van der Waals surface area contributed by atoms with Gasteiger partial charge in [0.05, 0.1) is 12.4 Å². The van der Waals surface area contributed by atoms with E-state index < -0.39 is 16.7 Å². The van der Waals surface area contributed by atoms with Gasteiger partial charge in [0.2, 0.25) is 10.0 Å².